The number of sulfone groups is 1. The van der Waals surface area contributed by atoms with Gasteiger partial charge in [0.1, 0.15) is 5.75 Å². The predicted molar refractivity (Wildman–Crippen MR) is 99.8 cm³/mol. The van der Waals surface area contributed by atoms with Crippen LogP contribution in [0.2, 0.25) is 0 Å². The first-order chi connectivity index (χ1) is 12.0. The van der Waals surface area contributed by atoms with Crippen LogP contribution in [0.4, 0.5) is 0 Å². The van der Waals surface area contributed by atoms with E-state index in [0.29, 0.717) is 24.6 Å². The third-order valence-electron chi connectivity index (χ3n) is 4.42. The molecule has 0 aliphatic carbocycles. The molecule has 7 nitrogen and oxygen atoms in total. The fraction of sp³-hybridized carbons (Fsp3) is 0.588. The largest absolute Gasteiger partial charge is 0.342 e. The average molecular weight is 403 g/mol. The van der Waals surface area contributed by atoms with Crippen LogP contribution in [0.25, 0.3) is 0 Å². The smallest absolute Gasteiger partial charge is 0.242 e. The first-order valence-electron chi connectivity index (χ1n) is 8.51. The maximum Gasteiger partial charge on any atom is 0.242 e. The lowest BCUT2D eigenvalue weighted by Crippen LogP contribution is -2.42. The van der Waals surface area contributed by atoms with E-state index in [2.05, 4.69) is 0 Å². The van der Waals surface area contributed by atoms with Crippen molar-refractivity contribution in [3.63, 3.8) is 0 Å². The van der Waals surface area contributed by atoms with E-state index in [1.807, 2.05) is 6.92 Å². The van der Waals surface area contributed by atoms with Gasteiger partial charge in [-0.05, 0) is 36.5 Å². The van der Waals surface area contributed by atoms with Crippen molar-refractivity contribution >= 4 is 25.8 Å². The molecule has 1 saturated heterocycles. The lowest BCUT2D eigenvalue weighted by molar-refractivity contribution is -0.130. The number of hydrogen-bond acceptors (Lipinski definition) is 5. The Morgan fingerprint density at radius 3 is 2.54 bits per heavy atom. The molecular weight excluding hydrogens is 376 g/mol. The first-order valence-corrected chi connectivity index (χ1v) is 11.8. The van der Waals surface area contributed by atoms with Crippen molar-refractivity contribution < 1.29 is 21.6 Å². The quantitative estimate of drug-likeness (QED) is 0.711. The first kappa shape index (κ1) is 20.9. The van der Waals surface area contributed by atoms with Gasteiger partial charge in [0.05, 0.1) is 10.6 Å². The SMILES string of the molecule is C[C@@H]1CCCN(C(=O)CS(=O)(=O)Cc2cccc(S(=O)(=O)N(C)C)c2)C1. The zero-order valence-corrected chi connectivity index (χ0v) is 17.0. The minimum atomic E-state index is -3.68. The monoisotopic (exact) mass is 402 g/mol. The zero-order valence-electron chi connectivity index (χ0n) is 15.4. The van der Waals surface area contributed by atoms with Gasteiger partial charge in [0, 0.05) is 27.2 Å². The van der Waals surface area contributed by atoms with E-state index in [0.717, 1.165) is 17.1 Å². The van der Waals surface area contributed by atoms with Gasteiger partial charge in [-0.1, -0.05) is 19.1 Å². The lowest BCUT2D eigenvalue weighted by Gasteiger charge is -2.30. The molecule has 1 aromatic carbocycles. The van der Waals surface area contributed by atoms with Gasteiger partial charge in [-0.25, -0.2) is 21.1 Å². The Morgan fingerprint density at radius 2 is 1.92 bits per heavy atom. The molecule has 1 heterocycles. The summed E-state index contributed by atoms with van der Waals surface area (Å²) in [6.07, 6.45) is 1.93. The summed E-state index contributed by atoms with van der Waals surface area (Å²) in [5.41, 5.74) is 0.354. The van der Waals surface area contributed by atoms with E-state index >= 15 is 0 Å². The second kappa shape index (κ2) is 8.06. The van der Waals surface area contributed by atoms with Crippen molar-refractivity contribution in [2.24, 2.45) is 5.92 Å². The standard InChI is InChI=1S/C17H26N2O5S2/c1-14-6-5-9-19(11-14)17(20)13-25(21,22)12-15-7-4-8-16(10-15)26(23,24)18(2)3/h4,7-8,10,14H,5-6,9,11-13H2,1-3H3/t14-/m1/s1. The van der Waals surface area contributed by atoms with Crippen LogP contribution >= 0.6 is 0 Å². The fourth-order valence-electron chi connectivity index (χ4n) is 3.01. The number of sulfonamides is 1. The van der Waals surface area contributed by atoms with Gasteiger partial charge >= 0.3 is 0 Å². The number of benzene rings is 1. The van der Waals surface area contributed by atoms with Crippen molar-refractivity contribution in [2.75, 3.05) is 32.9 Å². The molecule has 0 unspecified atom stereocenters. The Hall–Kier alpha value is -1.45. The number of carbonyl (C=O) groups is 1. The van der Waals surface area contributed by atoms with Crippen LogP contribution in [-0.4, -0.2) is 64.9 Å². The summed E-state index contributed by atoms with van der Waals surface area (Å²) in [7, 11) is -4.49. The summed E-state index contributed by atoms with van der Waals surface area (Å²) in [6, 6.07) is 5.83. The highest BCUT2D eigenvalue weighted by molar-refractivity contribution is 7.91. The van der Waals surface area contributed by atoms with Crippen LogP contribution in [0.15, 0.2) is 29.2 Å². The zero-order chi connectivity index (χ0) is 19.5. The average Bonchev–Trinajstić information content (AvgIpc) is 2.54. The Balaban J connectivity index is 2.11. The Morgan fingerprint density at radius 1 is 1.23 bits per heavy atom. The molecule has 146 valence electrons. The van der Waals surface area contributed by atoms with Crippen molar-refractivity contribution in [3.8, 4) is 0 Å². The minimum absolute atomic E-state index is 0.0337. The van der Waals surface area contributed by atoms with Crippen molar-refractivity contribution in [2.45, 2.75) is 30.4 Å². The van der Waals surface area contributed by atoms with Crippen LogP contribution in [0.1, 0.15) is 25.3 Å². The minimum Gasteiger partial charge on any atom is -0.342 e. The molecule has 0 saturated carbocycles. The molecule has 1 aliphatic heterocycles. The number of amides is 1. The molecule has 0 bridgehead atoms. The van der Waals surface area contributed by atoms with E-state index in [1.165, 1.54) is 32.3 Å². The highest BCUT2D eigenvalue weighted by atomic mass is 32.2. The predicted octanol–water partition coefficient (Wildman–Crippen LogP) is 1.11. The Labute approximate surface area is 156 Å². The number of rotatable bonds is 6. The molecule has 1 atom stereocenters. The van der Waals surface area contributed by atoms with Crippen molar-refractivity contribution in [1.29, 1.82) is 0 Å². The third kappa shape index (κ3) is 5.28. The molecule has 0 aromatic heterocycles. The second-order valence-corrected chi connectivity index (χ2v) is 11.3. The fourth-order valence-corrected chi connectivity index (χ4v) is 5.33. The van der Waals surface area contributed by atoms with Gasteiger partial charge in [-0.15, -0.1) is 0 Å². The maximum absolute atomic E-state index is 12.4. The normalized spacial score (nSPS) is 18.9. The van der Waals surface area contributed by atoms with E-state index in [9.17, 15) is 21.6 Å². The summed E-state index contributed by atoms with van der Waals surface area (Å²) in [4.78, 5) is 14.0. The van der Waals surface area contributed by atoms with Crippen LogP contribution in [0.5, 0.6) is 0 Å². The molecule has 1 fully saturated rings. The Kier molecular flexibility index (Phi) is 6.46. The van der Waals surface area contributed by atoms with E-state index in [4.69, 9.17) is 0 Å². The van der Waals surface area contributed by atoms with Gasteiger partial charge in [-0.2, -0.15) is 0 Å². The summed E-state index contributed by atoms with van der Waals surface area (Å²) in [5, 5.41) is 0. The number of hydrogen-bond donors (Lipinski definition) is 0. The molecule has 9 heteroatoms. The summed E-state index contributed by atoms with van der Waals surface area (Å²) in [6.45, 7) is 3.23. The number of likely N-dealkylation sites (tertiary alicyclic amines) is 1. The summed E-state index contributed by atoms with van der Waals surface area (Å²) < 4.78 is 50.3. The van der Waals surface area contributed by atoms with Crippen LogP contribution < -0.4 is 0 Å². The third-order valence-corrected chi connectivity index (χ3v) is 7.69. The number of carbonyl (C=O) groups excluding carboxylic acids is 1. The molecular formula is C17H26N2O5S2. The van der Waals surface area contributed by atoms with E-state index in [1.54, 1.807) is 11.0 Å². The number of piperidine rings is 1. The van der Waals surface area contributed by atoms with Crippen molar-refractivity contribution in [3.05, 3.63) is 29.8 Å². The maximum atomic E-state index is 12.4. The van der Waals surface area contributed by atoms with Crippen molar-refractivity contribution in [1.82, 2.24) is 9.21 Å². The molecule has 1 aliphatic rings. The van der Waals surface area contributed by atoms with Gasteiger partial charge in [-0.3, -0.25) is 4.79 Å². The van der Waals surface area contributed by atoms with Gasteiger partial charge in [0.2, 0.25) is 15.9 Å². The molecule has 0 radical (unpaired) electrons. The highest BCUT2D eigenvalue weighted by Gasteiger charge is 2.26. The summed E-state index contributed by atoms with van der Waals surface area (Å²) in [5.74, 6) is -0.916. The topological polar surface area (TPSA) is 91.8 Å². The molecule has 1 aromatic rings. The van der Waals surface area contributed by atoms with Crippen LogP contribution in [0, 0.1) is 5.92 Å². The highest BCUT2D eigenvalue weighted by Crippen LogP contribution is 2.18. The van der Waals surface area contributed by atoms with Crippen LogP contribution in [-0.2, 0) is 30.4 Å². The number of nitrogens with zero attached hydrogens (tertiary/aromatic N) is 2. The second-order valence-electron chi connectivity index (χ2n) is 7.05. The molecule has 0 N–H and O–H groups in total. The van der Waals surface area contributed by atoms with E-state index in [-0.39, 0.29) is 16.6 Å². The van der Waals surface area contributed by atoms with E-state index < -0.39 is 25.6 Å². The lowest BCUT2D eigenvalue weighted by atomic mass is 10.0. The van der Waals surface area contributed by atoms with Crippen LogP contribution in [0.3, 0.4) is 0 Å². The molecule has 0 spiro atoms. The molecule has 1 amide bonds. The van der Waals surface area contributed by atoms with Gasteiger partial charge < -0.3 is 4.90 Å². The van der Waals surface area contributed by atoms with Gasteiger partial charge in [0.15, 0.2) is 9.84 Å². The van der Waals surface area contributed by atoms with Gasteiger partial charge in [0.25, 0.3) is 0 Å². The summed E-state index contributed by atoms with van der Waals surface area (Å²) >= 11 is 0. The molecule has 2 rings (SSSR count). The molecule has 26 heavy (non-hydrogen) atoms. The Bertz CT molecular complexity index is 863.